The third kappa shape index (κ3) is 1.13. The van der Waals surface area contributed by atoms with Gasteiger partial charge in [-0.05, 0) is 22.8 Å². The first-order valence-electron chi connectivity index (χ1n) is 5.28. The zero-order valence-electron chi connectivity index (χ0n) is 9.03. The largest absolute Gasteiger partial charge is 0.504 e. The van der Waals surface area contributed by atoms with Gasteiger partial charge in [0.05, 0.1) is 7.11 Å². The number of hydrogen-bond acceptors (Lipinski definition) is 2. The second kappa shape index (κ2) is 3.27. The first-order chi connectivity index (χ1) is 7.81. The van der Waals surface area contributed by atoms with E-state index < -0.39 is 0 Å². The second-order valence-electron chi connectivity index (χ2n) is 3.98. The van der Waals surface area contributed by atoms with Crippen LogP contribution in [-0.4, -0.2) is 12.2 Å². The fourth-order valence-electron chi connectivity index (χ4n) is 2.40. The molecule has 0 aliphatic heterocycles. The number of phenolic OH excluding ortho intramolecular Hbond substituents is 1. The average Bonchev–Trinajstić information content (AvgIpc) is 2.67. The van der Waals surface area contributed by atoms with E-state index in [4.69, 9.17) is 4.74 Å². The normalized spacial score (nSPS) is 12.1. The van der Waals surface area contributed by atoms with Gasteiger partial charge in [0.2, 0.25) is 0 Å². The molecule has 1 aliphatic carbocycles. The Hall–Kier alpha value is -1.96. The van der Waals surface area contributed by atoms with Crippen LogP contribution in [0.15, 0.2) is 36.4 Å². The predicted octanol–water partition coefficient (Wildman–Crippen LogP) is 2.97. The summed E-state index contributed by atoms with van der Waals surface area (Å²) in [6.07, 6.45) is 0.836. The minimum absolute atomic E-state index is 0.217. The smallest absolute Gasteiger partial charge is 0.164 e. The molecule has 0 bridgehead atoms. The molecule has 0 saturated carbocycles. The Kier molecular flexibility index (Phi) is 1.90. The minimum Gasteiger partial charge on any atom is -0.504 e. The number of benzene rings is 2. The van der Waals surface area contributed by atoms with Crippen LogP contribution < -0.4 is 4.74 Å². The summed E-state index contributed by atoms with van der Waals surface area (Å²) >= 11 is 0. The topological polar surface area (TPSA) is 29.5 Å². The number of aromatic hydroxyl groups is 1. The molecular formula is C14H12O2. The Bertz CT molecular complexity index is 559. The zero-order chi connectivity index (χ0) is 11.1. The van der Waals surface area contributed by atoms with Gasteiger partial charge in [-0.3, -0.25) is 0 Å². The highest BCUT2D eigenvalue weighted by molar-refractivity contribution is 5.80. The third-order valence-corrected chi connectivity index (χ3v) is 3.12. The summed E-state index contributed by atoms with van der Waals surface area (Å²) in [5, 5.41) is 9.73. The standard InChI is InChI=1S/C14H12O2/c1-16-14-12-8-9-4-2-3-5-10(9)11(12)6-7-13(14)15/h2-7,15H,8H2,1H3. The number of phenols is 1. The van der Waals surface area contributed by atoms with E-state index in [2.05, 4.69) is 12.1 Å². The van der Waals surface area contributed by atoms with Crippen LogP contribution in [-0.2, 0) is 6.42 Å². The van der Waals surface area contributed by atoms with E-state index in [9.17, 15) is 5.11 Å². The first-order valence-corrected chi connectivity index (χ1v) is 5.28. The number of rotatable bonds is 1. The van der Waals surface area contributed by atoms with Crippen LogP contribution in [0.4, 0.5) is 0 Å². The van der Waals surface area contributed by atoms with Crippen LogP contribution in [0.2, 0.25) is 0 Å². The summed E-state index contributed by atoms with van der Waals surface area (Å²) in [4.78, 5) is 0. The SMILES string of the molecule is COc1c(O)ccc2c1Cc1ccccc1-2. The van der Waals surface area contributed by atoms with Crippen molar-refractivity contribution >= 4 is 0 Å². The fraction of sp³-hybridized carbons (Fsp3) is 0.143. The molecule has 2 aromatic carbocycles. The Morgan fingerprint density at radius 1 is 1.06 bits per heavy atom. The maximum absolute atomic E-state index is 9.73. The predicted molar refractivity (Wildman–Crippen MR) is 62.9 cm³/mol. The van der Waals surface area contributed by atoms with Crippen molar-refractivity contribution in [2.75, 3.05) is 7.11 Å². The highest BCUT2D eigenvalue weighted by atomic mass is 16.5. The van der Waals surface area contributed by atoms with Gasteiger partial charge in [-0.1, -0.05) is 30.3 Å². The average molecular weight is 212 g/mol. The van der Waals surface area contributed by atoms with Crippen molar-refractivity contribution < 1.29 is 9.84 Å². The Morgan fingerprint density at radius 2 is 1.88 bits per heavy atom. The molecule has 0 spiro atoms. The summed E-state index contributed by atoms with van der Waals surface area (Å²) < 4.78 is 5.27. The van der Waals surface area contributed by atoms with Crippen LogP contribution in [0.3, 0.4) is 0 Å². The molecule has 2 nitrogen and oxygen atoms in total. The van der Waals surface area contributed by atoms with E-state index in [-0.39, 0.29) is 5.75 Å². The fourth-order valence-corrected chi connectivity index (χ4v) is 2.40. The Balaban J connectivity index is 2.28. The molecule has 2 heteroatoms. The lowest BCUT2D eigenvalue weighted by Gasteiger charge is -2.08. The molecule has 1 N–H and O–H groups in total. The van der Waals surface area contributed by atoms with E-state index >= 15 is 0 Å². The molecule has 0 heterocycles. The van der Waals surface area contributed by atoms with Gasteiger partial charge in [0.15, 0.2) is 11.5 Å². The number of ether oxygens (including phenoxy) is 1. The second-order valence-corrected chi connectivity index (χ2v) is 3.98. The highest BCUT2D eigenvalue weighted by Crippen LogP contribution is 2.44. The van der Waals surface area contributed by atoms with Gasteiger partial charge >= 0.3 is 0 Å². The zero-order valence-corrected chi connectivity index (χ0v) is 9.03. The van der Waals surface area contributed by atoms with Crippen LogP contribution in [0, 0.1) is 0 Å². The molecule has 0 saturated heterocycles. The van der Waals surface area contributed by atoms with Crippen LogP contribution in [0.5, 0.6) is 11.5 Å². The third-order valence-electron chi connectivity index (χ3n) is 3.12. The van der Waals surface area contributed by atoms with E-state index in [1.165, 1.54) is 16.7 Å². The molecule has 0 fully saturated rings. The summed E-state index contributed by atoms with van der Waals surface area (Å²) in [7, 11) is 1.60. The van der Waals surface area contributed by atoms with Gasteiger partial charge in [-0.25, -0.2) is 0 Å². The van der Waals surface area contributed by atoms with Crippen molar-refractivity contribution in [3.8, 4) is 22.6 Å². The number of methoxy groups -OCH3 is 1. The summed E-state index contributed by atoms with van der Waals surface area (Å²) in [5.41, 5.74) is 4.80. The van der Waals surface area contributed by atoms with Gasteiger partial charge in [-0.2, -0.15) is 0 Å². The Morgan fingerprint density at radius 3 is 2.69 bits per heavy atom. The Labute approximate surface area is 94.1 Å². The quantitative estimate of drug-likeness (QED) is 0.672. The van der Waals surface area contributed by atoms with E-state index in [1.54, 1.807) is 13.2 Å². The lowest BCUT2D eigenvalue weighted by Crippen LogP contribution is -1.90. The van der Waals surface area contributed by atoms with Crippen molar-refractivity contribution in [1.82, 2.24) is 0 Å². The van der Waals surface area contributed by atoms with Gasteiger partial charge < -0.3 is 9.84 Å². The molecule has 3 rings (SSSR count). The lowest BCUT2D eigenvalue weighted by atomic mass is 10.1. The highest BCUT2D eigenvalue weighted by Gasteiger charge is 2.23. The lowest BCUT2D eigenvalue weighted by molar-refractivity contribution is 0.370. The molecule has 0 aromatic heterocycles. The summed E-state index contributed by atoms with van der Waals surface area (Å²) in [6.45, 7) is 0. The molecule has 0 radical (unpaired) electrons. The minimum atomic E-state index is 0.217. The molecule has 0 amide bonds. The maximum atomic E-state index is 9.73. The van der Waals surface area contributed by atoms with Crippen molar-refractivity contribution in [2.45, 2.75) is 6.42 Å². The molecule has 0 atom stereocenters. The molecule has 0 unspecified atom stereocenters. The van der Waals surface area contributed by atoms with E-state index in [0.29, 0.717) is 5.75 Å². The van der Waals surface area contributed by atoms with Gasteiger partial charge in [0, 0.05) is 12.0 Å². The van der Waals surface area contributed by atoms with Crippen molar-refractivity contribution in [3.63, 3.8) is 0 Å². The van der Waals surface area contributed by atoms with E-state index in [1.807, 2.05) is 18.2 Å². The van der Waals surface area contributed by atoms with Crippen LogP contribution in [0.1, 0.15) is 11.1 Å². The first kappa shape index (κ1) is 9.28. The number of hydrogen-bond donors (Lipinski definition) is 1. The molecular weight excluding hydrogens is 200 g/mol. The molecule has 16 heavy (non-hydrogen) atoms. The number of fused-ring (bicyclic) bond motifs is 3. The van der Waals surface area contributed by atoms with Crippen LogP contribution in [0.25, 0.3) is 11.1 Å². The molecule has 1 aliphatic rings. The maximum Gasteiger partial charge on any atom is 0.164 e. The molecule has 2 aromatic rings. The van der Waals surface area contributed by atoms with Gasteiger partial charge in [-0.15, -0.1) is 0 Å². The monoisotopic (exact) mass is 212 g/mol. The van der Waals surface area contributed by atoms with Crippen molar-refractivity contribution in [1.29, 1.82) is 0 Å². The van der Waals surface area contributed by atoms with Crippen molar-refractivity contribution in [2.24, 2.45) is 0 Å². The van der Waals surface area contributed by atoms with Crippen molar-refractivity contribution in [3.05, 3.63) is 47.5 Å². The van der Waals surface area contributed by atoms with E-state index in [0.717, 1.165) is 12.0 Å². The van der Waals surface area contributed by atoms with Gasteiger partial charge in [0.1, 0.15) is 0 Å². The summed E-state index contributed by atoms with van der Waals surface area (Å²) in [6, 6.07) is 12.0. The van der Waals surface area contributed by atoms with Crippen LogP contribution >= 0.6 is 0 Å². The summed E-state index contributed by atoms with van der Waals surface area (Å²) in [5.74, 6) is 0.822. The molecule has 80 valence electrons. The van der Waals surface area contributed by atoms with Gasteiger partial charge in [0.25, 0.3) is 0 Å².